The summed E-state index contributed by atoms with van der Waals surface area (Å²) in [6, 6.07) is 6.45. The largest absolute Gasteiger partial charge is 0.334 e. The number of halogens is 1. The summed E-state index contributed by atoms with van der Waals surface area (Å²) in [4.78, 5) is 14.2. The molecule has 0 spiro atoms. The smallest absolute Gasteiger partial charge is 0.317 e. The highest BCUT2D eigenvalue weighted by atomic mass is 19.1. The molecule has 0 saturated heterocycles. The molecular weight excluding hydrogens is 307 g/mol. The fourth-order valence-electron chi connectivity index (χ4n) is 3.00. The van der Waals surface area contributed by atoms with E-state index in [0.29, 0.717) is 13.1 Å². The van der Waals surface area contributed by atoms with Crippen LogP contribution in [0.25, 0.3) is 0 Å². The van der Waals surface area contributed by atoms with Gasteiger partial charge >= 0.3 is 6.03 Å². The van der Waals surface area contributed by atoms with Crippen LogP contribution in [0, 0.1) is 0 Å². The third kappa shape index (κ3) is 3.75. The Labute approximate surface area is 141 Å². The van der Waals surface area contributed by atoms with Crippen LogP contribution in [0.2, 0.25) is 0 Å². The number of alkyl halides is 1. The molecule has 2 heterocycles. The summed E-state index contributed by atoms with van der Waals surface area (Å²) in [5.74, 6) is 0. The van der Waals surface area contributed by atoms with Crippen LogP contribution in [-0.4, -0.2) is 33.9 Å². The molecule has 6 heteroatoms. The molecule has 0 fully saturated rings. The number of benzene rings is 1. The van der Waals surface area contributed by atoms with Gasteiger partial charge in [0.15, 0.2) is 0 Å². The van der Waals surface area contributed by atoms with E-state index in [-0.39, 0.29) is 12.6 Å². The molecule has 2 amide bonds. The Morgan fingerprint density at radius 1 is 1.33 bits per heavy atom. The lowest BCUT2D eigenvalue weighted by molar-refractivity contribution is 0.192. The number of rotatable bonds is 5. The molecule has 1 N–H and O–H groups in total. The SMILES string of the molecule is CCc1ccc2c(c1)CCN(C(=O)NCc1cnn(CCF)c1)C2. The highest BCUT2D eigenvalue weighted by Gasteiger charge is 2.20. The molecule has 128 valence electrons. The number of hydrogen-bond donors (Lipinski definition) is 1. The Hall–Kier alpha value is -2.37. The number of nitrogens with one attached hydrogen (secondary N) is 1. The van der Waals surface area contributed by atoms with E-state index in [2.05, 4.69) is 35.5 Å². The van der Waals surface area contributed by atoms with Gasteiger partial charge in [0, 0.05) is 31.4 Å². The molecule has 0 bridgehead atoms. The zero-order valence-electron chi connectivity index (χ0n) is 14.0. The van der Waals surface area contributed by atoms with Crippen LogP contribution in [0.1, 0.15) is 29.2 Å². The van der Waals surface area contributed by atoms with Gasteiger partial charge in [0.05, 0.1) is 12.7 Å². The Morgan fingerprint density at radius 3 is 3.00 bits per heavy atom. The fraction of sp³-hybridized carbons (Fsp3) is 0.444. The van der Waals surface area contributed by atoms with Gasteiger partial charge in [-0.05, 0) is 29.5 Å². The number of aryl methyl sites for hydroxylation is 2. The number of aromatic nitrogens is 2. The van der Waals surface area contributed by atoms with Crippen molar-refractivity contribution < 1.29 is 9.18 Å². The van der Waals surface area contributed by atoms with E-state index >= 15 is 0 Å². The second-order valence-electron chi connectivity index (χ2n) is 6.09. The van der Waals surface area contributed by atoms with Crippen LogP contribution in [0.4, 0.5) is 9.18 Å². The second kappa shape index (κ2) is 7.47. The van der Waals surface area contributed by atoms with E-state index < -0.39 is 6.67 Å². The summed E-state index contributed by atoms with van der Waals surface area (Å²) in [6.45, 7) is 3.74. The summed E-state index contributed by atoms with van der Waals surface area (Å²) in [6.07, 6.45) is 5.35. The molecule has 3 rings (SSSR count). The van der Waals surface area contributed by atoms with Crippen molar-refractivity contribution in [1.82, 2.24) is 20.0 Å². The van der Waals surface area contributed by atoms with E-state index in [1.165, 1.54) is 16.7 Å². The second-order valence-corrected chi connectivity index (χ2v) is 6.09. The minimum atomic E-state index is -0.444. The zero-order valence-corrected chi connectivity index (χ0v) is 14.0. The normalized spacial score (nSPS) is 13.7. The van der Waals surface area contributed by atoms with Crippen LogP contribution in [-0.2, 0) is 32.5 Å². The van der Waals surface area contributed by atoms with E-state index in [0.717, 1.165) is 24.9 Å². The van der Waals surface area contributed by atoms with E-state index in [1.54, 1.807) is 17.1 Å². The van der Waals surface area contributed by atoms with Crippen LogP contribution in [0.15, 0.2) is 30.6 Å². The summed E-state index contributed by atoms with van der Waals surface area (Å²) >= 11 is 0. The number of urea groups is 1. The number of nitrogens with zero attached hydrogens (tertiary/aromatic N) is 3. The predicted octanol–water partition coefficient (Wildman–Crippen LogP) is 2.68. The number of hydrogen-bond acceptors (Lipinski definition) is 2. The molecular formula is C18H23FN4O. The molecule has 2 aromatic rings. The van der Waals surface area contributed by atoms with Crippen molar-refractivity contribution in [2.75, 3.05) is 13.2 Å². The maximum absolute atomic E-state index is 12.4. The first-order chi connectivity index (χ1) is 11.7. The number of amides is 2. The Bertz CT molecular complexity index is 713. The van der Waals surface area contributed by atoms with Crippen molar-refractivity contribution in [3.63, 3.8) is 0 Å². The van der Waals surface area contributed by atoms with Crippen molar-refractivity contribution in [1.29, 1.82) is 0 Å². The summed E-state index contributed by atoms with van der Waals surface area (Å²) in [5, 5.41) is 6.97. The maximum Gasteiger partial charge on any atom is 0.317 e. The highest BCUT2D eigenvalue weighted by molar-refractivity contribution is 5.74. The first kappa shape index (κ1) is 16.5. The molecule has 0 aliphatic carbocycles. The van der Waals surface area contributed by atoms with Crippen LogP contribution < -0.4 is 5.32 Å². The third-order valence-electron chi connectivity index (χ3n) is 4.42. The van der Waals surface area contributed by atoms with Crippen molar-refractivity contribution in [3.05, 3.63) is 52.8 Å². The molecule has 1 aromatic heterocycles. The molecule has 1 aliphatic rings. The summed E-state index contributed by atoms with van der Waals surface area (Å²) < 4.78 is 13.8. The van der Waals surface area contributed by atoms with E-state index in [9.17, 15) is 9.18 Å². The first-order valence-corrected chi connectivity index (χ1v) is 8.40. The quantitative estimate of drug-likeness (QED) is 0.916. The fourth-order valence-corrected chi connectivity index (χ4v) is 3.00. The van der Waals surface area contributed by atoms with Crippen LogP contribution >= 0.6 is 0 Å². The van der Waals surface area contributed by atoms with Gasteiger partial charge in [-0.15, -0.1) is 0 Å². The van der Waals surface area contributed by atoms with Gasteiger partial charge in [-0.3, -0.25) is 4.68 Å². The Balaban J connectivity index is 1.55. The van der Waals surface area contributed by atoms with Crippen LogP contribution in [0.3, 0.4) is 0 Å². The van der Waals surface area contributed by atoms with Crippen molar-refractivity contribution in [2.24, 2.45) is 0 Å². The van der Waals surface area contributed by atoms with Gasteiger partial charge in [0.2, 0.25) is 0 Å². The molecule has 1 aliphatic heterocycles. The zero-order chi connectivity index (χ0) is 16.9. The van der Waals surface area contributed by atoms with Gasteiger partial charge in [-0.2, -0.15) is 5.10 Å². The summed E-state index contributed by atoms with van der Waals surface area (Å²) in [5.41, 5.74) is 4.80. The van der Waals surface area contributed by atoms with Gasteiger partial charge in [0.25, 0.3) is 0 Å². The van der Waals surface area contributed by atoms with Crippen molar-refractivity contribution >= 4 is 6.03 Å². The minimum absolute atomic E-state index is 0.0709. The molecule has 1 aromatic carbocycles. The van der Waals surface area contributed by atoms with Gasteiger partial charge in [0.1, 0.15) is 6.67 Å². The molecule has 24 heavy (non-hydrogen) atoms. The van der Waals surface area contributed by atoms with Crippen molar-refractivity contribution in [2.45, 2.75) is 39.4 Å². The Morgan fingerprint density at radius 2 is 2.21 bits per heavy atom. The topological polar surface area (TPSA) is 50.2 Å². The molecule has 0 saturated carbocycles. The van der Waals surface area contributed by atoms with Gasteiger partial charge in [-0.25, -0.2) is 9.18 Å². The Kier molecular flexibility index (Phi) is 5.13. The van der Waals surface area contributed by atoms with E-state index in [1.807, 2.05) is 4.90 Å². The standard InChI is InChI=1S/C18H23FN4O/c1-2-14-3-4-17-13-22(7-5-16(17)9-14)18(24)20-10-15-11-21-23(12-15)8-6-19/h3-4,9,11-12H,2,5-8,10,13H2,1H3,(H,20,24). The number of carbonyl (C=O) groups excluding carboxylic acids is 1. The lowest BCUT2D eigenvalue weighted by atomic mass is 9.97. The predicted molar refractivity (Wildman–Crippen MR) is 90.4 cm³/mol. The van der Waals surface area contributed by atoms with Crippen LogP contribution in [0.5, 0.6) is 0 Å². The average molecular weight is 330 g/mol. The average Bonchev–Trinajstić information content (AvgIpc) is 3.06. The lowest BCUT2D eigenvalue weighted by Crippen LogP contribution is -2.42. The summed E-state index contributed by atoms with van der Waals surface area (Å²) in [7, 11) is 0. The molecule has 0 radical (unpaired) electrons. The third-order valence-corrected chi connectivity index (χ3v) is 4.42. The molecule has 5 nitrogen and oxygen atoms in total. The number of fused-ring (bicyclic) bond motifs is 1. The van der Waals surface area contributed by atoms with E-state index in [4.69, 9.17) is 0 Å². The monoisotopic (exact) mass is 330 g/mol. The van der Waals surface area contributed by atoms with Gasteiger partial charge < -0.3 is 10.2 Å². The molecule has 0 atom stereocenters. The van der Waals surface area contributed by atoms with Gasteiger partial charge in [-0.1, -0.05) is 25.1 Å². The maximum atomic E-state index is 12.4. The molecule has 0 unspecified atom stereocenters. The highest BCUT2D eigenvalue weighted by Crippen LogP contribution is 2.20. The minimum Gasteiger partial charge on any atom is -0.334 e. The number of carbonyl (C=O) groups is 1. The van der Waals surface area contributed by atoms with Crippen molar-refractivity contribution in [3.8, 4) is 0 Å². The lowest BCUT2D eigenvalue weighted by Gasteiger charge is -2.29. The first-order valence-electron chi connectivity index (χ1n) is 8.40.